The quantitative estimate of drug-likeness (QED) is 0.630. The Morgan fingerprint density at radius 3 is 2.47 bits per heavy atom. The van der Waals surface area contributed by atoms with Gasteiger partial charge in [0.25, 0.3) is 0 Å². The summed E-state index contributed by atoms with van der Waals surface area (Å²) in [7, 11) is 1.16. The molecule has 1 rings (SSSR count). The predicted octanol–water partition coefficient (Wildman–Crippen LogP) is 1.56. The van der Waals surface area contributed by atoms with Gasteiger partial charge in [0.15, 0.2) is 5.75 Å². The van der Waals surface area contributed by atoms with Crippen molar-refractivity contribution < 1.29 is 19.7 Å². The van der Waals surface area contributed by atoms with Crippen molar-refractivity contribution in [1.82, 2.24) is 0 Å². The van der Waals surface area contributed by atoms with Crippen LogP contribution in [0.4, 0.5) is 5.69 Å². The van der Waals surface area contributed by atoms with Crippen LogP contribution in [0.2, 0.25) is 0 Å². The molecule has 1 N–H and O–H groups in total. The Balaban J connectivity index is 3.40. The number of hydrogen-bond donors (Lipinski definition) is 1. The van der Waals surface area contributed by atoms with Crippen LogP contribution in [-0.4, -0.2) is 22.1 Å². The van der Waals surface area contributed by atoms with Crippen molar-refractivity contribution in [3.63, 3.8) is 0 Å². The highest BCUT2D eigenvalue weighted by Crippen LogP contribution is 2.39. The van der Waals surface area contributed by atoms with Gasteiger partial charge in [-0.3, -0.25) is 20.2 Å². The minimum absolute atomic E-state index is 0.0265. The van der Waals surface area contributed by atoms with Crippen LogP contribution in [0.25, 0.3) is 6.08 Å². The summed E-state index contributed by atoms with van der Waals surface area (Å²) in [5.74, 6) is -0.738. The minimum atomic E-state index is -0.780. The molecule has 0 saturated carbocycles. The standard InChI is InChI=1S/C9H8N2O6/c1-17-9-7(12)3-2-6(4-5-10(13)14)8(9)11(15)16/h2-5,12H,1H3/b5-4-. The van der Waals surface area contributed by atoms with E-state index in [-0.39, 0.29) is 11.3 Å². The normalized spacial score (nSPS) is 10.4. The number of benzene rings is 1. The van der Waals surface area contributed by atoms with Crippen molar-refractivity contribution in [3.05, 3.63) is 44.1 Å². The lowest BCUT2D eigenvalue weighted by Crippen LogP contribution is -1.97. The maximum absolute atomic E-state index is 10.8. The number of aromatic hydroxyl groups is 1. The Hall–Kier alpha value is -2.64. The Kier molecular flexibility index (Phi) is 3.60. The summed E-state index contributed by atoms with van der Waals surface area (Å²) < 4.78 is 4.69. The summed E-state index contributed by atoms with van der Waals surface area (Å²) in [5.41, 5.74) is -0.549. The summed E-state index contributed by atoms with van der Waals surface area (Å²) in [6.07, 6.45) is 1.53. The number of hydrogen-bond acceptors (Lipinski definition) is 6. The van der Waals surface area contributed by atoms with E-state index >= 15 is 0 Å². The van der Waals surface area contributed by atoms with Gasteiger partial charge >= 0.3 is 5.69 Å². The van der Waals surface area contributed by atoms with Gasteiger partial charge in [-0.2, -0.15) is 0 Å². The van der Waals surface area contributed by atoms with Crippen molar-refractivity contribution in [1.29, 1.82) is 0 Å². The molecule has 0 unspecified atom stereocenters. The highest BCUT2D eigenvalue weighted by atomic mass is 16.6. The summed E-state index contributed by atoms with van der Waals surface area (Å²) in [4.78, 5) is 19.4. The van der Waals surface area contributed by atoms with E-state index < -0.39 is 21.3 Å². The second-order valence-electron chi connectivity index (χ2n) is 2.91. The summed E-state index contributed by atoms with van der Waals surface area (Å²) in [6.45, 7) is 0. The van der Waals surface area contributed by atoms with E-state index in [1.54, 1.807) is 0 Å². The van der Waals surface area contributed by atoms with E-state index in [4.69, 9.17) is 0 Å². The first-order valence-electron chi connectivity index (χ1n) is 4.33. The molecule has 90 valence electrons. The Morgan fingerprint density at radius 2 is 2.00 bits per heavy atom. The Bertz CT molecular complexity index is 497. The fourth-order valence-corrected chi connectivity index (χ4v) is 1.24. The van der Waals surface area contributed by atoms with Crippen molar-refractivity contribution in [2.45, 2.75) is 0 Å². The molecule has 0 heterocycles. The largest absolute Gasteiger partial charge is 0.504 e. The van der Waals surface area contributed by atoms with Crippen LogP contribution >= 0.6 is 0 Å². The molecular weight excluding hydrogens is 232 g/mol. The molecule has 0 atom stereocenters. The van der Waals surface area contributed by atoms with E-state index in [0.29, 0.717) is 6.20 Å². The molecule has 0 bridgehead atoms. The fraction of sp³-hybridized carbons (Fsp3) is 0.111. The van der Waals surface area contributed by atoms with Crippen LogP contribution in [0.15, 0.2) is 18.3 Å². The average molecular weight is 240 g/mol. The number of rotatable bonds is 4. The lowest BCUT2D eigenvalue weighted by atomic mass is 10.1. The molecule has 1 aromatic carbocycles. The number of phenols is 1. The van der Waals surface area contributed by atoms with Crippen LogP contribution in [0.5, 0.6) is 11.5 Å². The maximum atomic E-state index is 10.8. The molecule has 0 radical (unpaired) electrons. The highest BCUT2D eigenvalue weighted by molar-refractivity contribution is 5.69. The Morgan fingerprint density at radius 1 is 1.35 bits per heavy atom. The zero-order valence-electron chi connectivity index (χ0n) is 8.69. The van der Waals surface area contributed by atoms with E-state index in [1.807, 2.05) is 0 Å². The van der Waals surface area contributed by atoms with Crippen molar-refractivity contribution >= 4 is 11.8 Å². The minimum Gasteiger partial charge on any atom is -0.504 e. The molecule has 8 heteroatoms. The lowest BCUT2D eigenvalue weighted by Gasteiger charge is -2.05. The van der Waals surface area contributed by atoms with Crippen LogP contribution in [0.1, 0.15) is 5.56 Å². The van der Waals surface area contributed by atoms with Crippen molar-refractivity contribution in [2.24, 2.45) is 0 Å². The molecule has 0 aliphatic carbocycles. The SMILES string of the molecule is COc1c(O)ccc(/C=C\[N+](=O)[O-])c1[N+](=O)[O-]. The third kappa shape index (κ3) is 2.68. The molecule has 0 saturated heterocycles. The molecule has 0 fully saturated rings. The Labute approximate surface area is 95.1 Å². The van der Waals surface area contributed by atoms with Gasteiger partial charge in [-0.1, -0.05) is 0 Å². The van der Waals surface area contributed by atoms with E-state index in [0.717, 1.165) is 19.3 Å². The lowest BCUT2D eigenvalue weighted by molar-refractivity contribution is -0.401. The molecule has 1 aromatic rings. The molecule has 17 heavy (non-hydrogen) atoms. The topological polar surface area (TPSA) is 116 Å². The highest BCUT2D eigenvalue weighted by Gasteiger charge is 2.23. The van der Waals surface area contributed by atoms with Gasteiger partial charge in [-0.05, 0) is 12.1 Å². The first-order chi connectivity index (χ1) is 7.97. The molecule has 0 aliphatic rings. The molecule has 0 aromatic heterocycles. The third-order valence-electron chi connectivity index (χ3n) is 1.90. The van der Waals surface area contributed by atoms with Crippen LogP contribution in [0.3, 0.4) is 0 Å². The second-order valence-corrected chi connectivity index (χ2v) is 2.91. The average Bonchev–Trinajstić information content (AvgIpc) is 2.26. The van der Waals surface area contributed by atoms with Gasteiger partial charge in [-0.25, -0.2) is 0 Å². The molecule has 0 amide bonds. The van der Waals surface area contributed by atoms with E-state index in [2.05, 4.69) is 4.74 Å². The monoisotopic (exact) mass is 240 g/mol. The summed E-state index contributed by atoms with van der Waals surface area (Å²) in [5, 5.41) is 30.3. The summed E-state index contributed by atoms with van der Waals surface area (Å²) in [6, 6.07) is 2.35. The number of nitro groups is 2. The van der Waals surface area contributed by atoms with Gasteiger partial charge in [0, 0.05) is 6.08 Å². The molecule has 8 nitrogen and oxygen atoms in total. The van der Waals surface area contributed by atoms with E-state index in [9.17, 15) is 25.3 Å². The number of methoxy groups -OCH3 is 1. The van der Waals surface area contributed by atoms with Gasteiger partial charge in [0.1, 0.15) is 0 Å². The van der Waals surface area contributed by atoms with Crippen LogP contribution in [-0.2, 0) is 0 Å². The van der Waals surface area contributed by atoms with Gasteiger partial charge in [0.2, 0.25) is 11.9 Å². The fourth-order valence-electron chi connectivity index (χ4n) is 1.24. The number of nitro benzene ring substituents is 1. The van der Waals surface area contributed by atoms with Gasteiger partial charge < -0.3 is 9.84 Å². The second kappa shape index (κ2) is 4.92. The van der Waals surface area contributed by atoms with Crippen molar-refractivity contribution in [3.8, 4) is 11.5 Å². The van der Waals surface area contributed by atoms with Gasteiger partial charge in [-0.15, -0.1) is 0 Å². The van der Waals surface area contributed by atoms with Crippen molar-refractivity contribution in [2.75, 3.05) is 7.11 Å². The number of phenolic OH excluding ortho intramolecular Hbond substituents is 1. The zero-order chi connectivity index (χ0) is 13.0. The van der Waals surface area contributed by atoms with Gasteiger partial charge in [0.05, 0.1) is 22.5 Å². The van der Waals surface area contributed by atoms with Crippen LogP contribution in [0, 0.1) is 20.2 Å². The molecular formula is C9H8N2O6. The third-order valence-corrected chi connectivity index (χ3v) is 1.90. The maximum Gasteiger partial charge on any atom is 0.322 e. The predicted molar refractivity (Wildman–Crippen MR) is 57.3 cm³/mol. The first kappa shape index (κ1) is 12.4. The summed E-state index contributed by atoms with van der Waals surface area (Å²) >= 11 is 0. The molecule has 0 spiro atoms. The first-order valence-corrected chi connectivity index (χ1v) is 4.33. The smallest absolute Gasteiger partial charge is 0.322 e. The number of nitrogens with zero attached hydrogens (tertiary/aromatic N) is 2. The molecule has 0 aliphatic heterocycles. The van der Waals surface area contributed by atoms with Crippen LogP contribution < -0.4 is 4.74 Å². The zero-order valence-corrected chi connectivity index (χ0v) is 8.69. The van der Waals surface area contributed by atoms with E-state index in [1.165, 1.54) is 6.07 Å². The number of ether oxygens (including phenoxy) is 1.